The van der Waals surface area contributed by atoms with E-state index in [-0.39, 0.29) is 0 Å². The molecule has 0 bridgehead atoms. The van der Waals surface area contributed by atoms with Gasteiger partial charge < -0.3 is 10.2 Å². The van der Waals surface area contributed by atoms with Gasteiger partial charge >= 0.3 is 0 Å². The second kappa shape index (κ2) is 4.99. The van der Waals surface area contributed by atoms with E-state index in [0.717, 1.165) is 12.4 Å². The molecule has 0 aliphatic rings. The lowest BCUT2D eigenvalue weighted by Gasteiger charge is -2.13. The van der Waals surface area contributed by atoms with Crippen molar-refractivity contribution in [2.24, 2.45) is 0 Å². The van der Waals surface area contributed by atoms with Crippen LogP contribution in [-0.4, -0.2) is 45.1 Å². The number of rotatable bonds is 4. The molecule has 0 atom stereocenters. The summed E-state index contributed by atoms with van der Waals surface area (Å²) in [6.07, 6.45) is 3.56. The lowest BCUT2D eigenvalue weighted by atomic mass is 10.6. The summed E-state index contributed by atoms with van der Waals surface area (Å²) in [5, 5.41) is 3.10. The summed E-state index contributed by atoms with van der Waals surface area (Å²) < 4.78 is 1.83. The first-order valence-electron chi connectivity index (χ1n) is 5.79. The Morgan fingerprint density at radius 1 is 1.28 bits per heavy atom. The molecule has 96 valence electrons. The molecule has 7 nitrogen and oxygen atoms in total. The number of nitrogens with zero attached hydrogens (tertiary/aromatic N) is 6. The van der Waals surface area contributed by atoms with Crippen molar-refractivity contribution in [3.05, 3.63) is 18.2 Å². The number of aryl methyl sites for hydroxylation is 1. The molecule has 0 spiro atoms. The highest BCUT2D eigenvalue weighted by molar-refractivity contribution is 5.39. The Morgan fingerprint density at radius 3 is 2.61 bits per heavy atom. The molecule has 0 aromatic carbocycles. The van der Waals surface area contributed by atoms with Gasteiger partial charge in [0.15, 0.2) is 0 Å². The Hall–Kier alpha value is -2.18. The van der Waals surface area contributed by atoms with Crippen molar-refractivity contribution >= 4 is 11.9 Å². The lowest BCUT2D eigenvalue weighted by molar-refractivity contribution is 0.845. The summed E-state index contributed by atoms with van der Waals surface area (Å²) in [5.41, 5.74) is 0. The van der Waals surface area contributed by atoms with Crippen molar-refractivity contribution in [3.63, 3.8) is 0 Å². The average Bonchev–Trinajstić information content (AvgIpc) is 2.75. The van der Waals surface area contributed by atoms with E-state index in [0.29, 0.717) is 17.8 Å². The van der Waals surface area contributed by atoms with Gasteiger partial charge in [-0.25, -0.2) is 4.98 Å². The van der Waals surface area contributed by atoms with Crippen LogP contribution in [0.2, 0.25) is 0 Å². The maximum atomic E-state index is 4.41. The number of hydrogen-bond acceptors (Lipinski definition) is 6. The number of anilines is 2. The van der Waals surface area contributed by atoms with Crippen LogP contribution in [0.25, 0.3) is 5.95 Å². The highest BCUT2D eigenvalue weighted by Crippen LogP contribution is 2.12. The van der Waals surface area contributed by atoms with Crippen LogP contribution in [-0.2, 0) is 0 Å². The van der Waals surface area contributed by atoms with E-state index in [4.69, 9.17) is 0 Å². The third-order valence-corrected chi connectivity index (χ3v) is 2.39. The fourth-order valence-corrected chi connectivity index (χ4v) is 1.49. The zero-order chi connectivity index (χ0) is 13.1. The number of nitrogens with one attached hydrogen (secondary N) is 1. The normalized spacial score (nSPS) is 10.4. The van der Waals surface area contributed by atoms with Crippen LogP contribution in [0.3, 0.4) is 0 Å². The van der Waals surface area contributed by atoms with Gasteiger partial charge in [-0.2, -0.15) is 15.0 Å². The van der Waals surface area contributed by atoms with Crippen molar-refractivity contribution in [1.82, 2.24) is 24.5 Å². The summed E-state index contributed by atoms with van der Waals surface area (Å²) >= 11 is 0. The lowest BCUT2D eigenvalue weighted by Crippen LogP contribution is -2.17. The van der Waals surface area contributed by atoms with E-state index in [1.54, 1.807) is 6.20 Å². The van der Waals surface area contributed by atoms with E-state index in [2.05, 4.69) is 25.3 Å². The number of imidazole rings is 1. The number of hydrogen-bond donors (Lipinski definition) is 1. The molecule has 0 radical (unpaired) electrons. The van der Waals surface area contributed by atoms with Crippen LogP contribution in [0.1, 0.15) is 12.7 Å². The van der Waals surface area contributed by atoms with E-state index in [9.17, 15) is 0 Å². The molecule has 0 saturated carbocycles. The second-order valence-corrected chi connectivity index (χ2v) is 4.03. The maximum absolute atomic E-state index is 4.41. The third-order valence-electron chi connectivity index (χ3n) is 2.39. The van der Waals surface area contributed by atoms with E-state index < -0.39 is 0 Å². The van der Waals surface area contributed by atoms with Gasteiger partial charge in [0, 0.05) is 33.0 Å². The highest BCUT2D eigenvalue weighted by Gasteiger charge is 2.10. The van der Waals surface area contributed by atoms with Gasteiger partial charge in [0.25, 0.3) is 0 Å². The van der Waals surface area contributed by atoms with Gasteiger partial charge in [-0.3, -0.25) is 4.57 Å². The quantitative estimate of drug-likeness (QED) is 0.864. The van der Waals surface area contributed by atoms with Gasteiger partial charge in [-0.05, 0) is 13.8 Å². The summed E-state index contributed by atoms with van der Waals surface area (Å²) in [6, 6.07) is 0. The molecule has 0 aliphatic heterocycles. The van der Waals surface area contributed by atoms with E-state index in [1.807, 2.05) is 43.6 Å². The second-order valence-electron chi connectivity index (χ2n) is 4.03. The SMILES string of the molecule is CCNc1nc(N(C)C)nc(-n2ccnc2C)n1. The van der Waals surface area contributed by atoms with Crippen molar-refractivity contribution in [1.29, 1.82) is 0 Å². The predicted molar refractivity (Wildman–Crippen MR) is 70.2 cm³/mol. The van der Waals surface area contributed by atoms with E-state index >= 15 is 0 Å². The van der Waals surface area contributed by atoms with E-state index in [1.165, 1.54) is 0 Å². The van der Waals surface area contributed by atoms with Crippen LogP contribution >= 0.6 is 0 Å². The fraction of sp³-hybridized carbons (Fsp3) is 0.455. The number of aromatic nitrogens is 5. The minimum absolute atomic E-state index is 0.569. The van der Waals surface area contributed by atoms with Crippen LogP contribution < -0.4 is 10.2 Å². The van der Waals surface area contributed by atoms with Crippen LogP contribution in [0.15, 0.2) is 12.4 Å². The van der Waals surface area contributed by atoms with Gasteiger partial charge in [-0.15, -0.1) is 0 Å². The van der Waals surface area contributed by atoms with Crippen molar-refractivity contribution in [2.75, 3.05) is 30.9 Å². The molecule has 2 heterocycles. The molecule has 7 heteroatoms. The summed E-state index contributed by atoms with van der Waals surface area (Å²) in [5.74, 6) is 2.59. The fourth-order valence-electron chi connectivity index (χ4n) is 1.49. The minimum atomic E-state index is 0.569. The first-order chi connectivity index (χ1) is 8.61. The molecule has 0 unspecified atom stereocenters. The topological polar surface area (TPSA) is 71.8 Å². The molecule has 0 aliphatic carbocycles. The largest absolute Gasteiger partial charge is 0.354 e. The maximum Gasteiger partial charge on any atom is 0.241 e. The molecule has 1 N–H and O–H groups in total. The first-order valence-corrected chi connectivity index (χ1v) is 5.79. The van der Waals surface area contributed by atoms with Crippen molar-refractivity contribution in [2.45, 2.75) is 13.8 Å². The molecule has 0 fully saturated rings. The monoisotopic (exact) mass is 247 g/mol. The molecule has 2 aromatic rings. The molecule has 0 saturated heterocycles. The summed E-state index contributed by atoms with van der Waals surface area (Å²) in [6.45, 7) is 4.67. The van der Waals surface area contributed by atoms with Crippen molar-refractivity contribution < 1.29 is 0 Å². The third kappa shape index (κ3) is 2.39. The van der Waals surface area contributed by atoms with Crippen LogP contribution in [0.5, 0.6) is 0 Å². The average molecular weight is 247 g/mol. The Kier molecular flexibility index (Phi) is 3.40. The zero-order valence-electron chi connectivity index (χ0n) is 11.0. The van der Waals surface area contributed by atoms with Crippen molar-refractivity contribution in [3.8, 4) is 5.95 Å². The Labute approximate surface area is 106 Å². The molecular formula is C11H17N7. The van der Waals surface area contributed by atoms with Crippen LogP contribution in [0.4, 0.5) is 11.9 Å². The van der Waals surface area contributed by atoms with Gasteiger partial charge in [0.05, 0.1) is 0 Å². The summed E-state index contributed by atoms with van der Waals surface area (Å²) in [7, 11) is 3.80. The predicted octanol–water partition coefficient (Wildman–Crippen LogP) is 0.864. The Morgan fingerprint density at radius 2 is 2.06 bits per heavy atom. The first kappa shape index (κ1) is 12.3. The Bertz CT molecular complexity index is 532. The molecule has 2 aromatic heterocycles. The van der Waals surface area contributed by atoms with Gasteiger partial charge in [0.1, 0.15) is 5.82 Å². The zero-order valence-corrected chi connectivity index (χ0v) is 11.0. The van der Waals surface area contributed by atoms with Gasteiger partial charge in [0.2, 0.25) is 17.8 Å². The molecule has 18 heavy (non-hydrogen) atoms. The highest BCUT2D eigenvalue weighted by atomic mass is 15.3. The Balaban J connectivity index is 2.50. The molecular weight excluding hydrogens is 230 g/mol. The summed E-state index contributed by atoms with van der Waals surface area (Å²) in [4.78, 5) is 19.1. The molecule has 0 amide bonds. The van der Waals surface area contributed by atoms with Gasteiger partial charge in [-0.1, -0.05) is 0 Å². The standard InChI is InChI=1S/C11H17N7/c1-5-12-9-14-10(17(3)4)16-11(15-9)18-7-6-13-8(18)2/h6-7H,5H2,1-4H3,(H,12,14,15,16). The minimum Gasteiger partial charge on any atom is -0.354 e. The molecule has 2 rings (SSSR count). The van der Waals surface area contributed by atoms with Crippen LogP contribution in [0, 0.1) is 6.92 Å². The smallest absolute Gasteiger partial charge is 0.241 e.